The lowest BCUT2D eigenvalue weighted by molar-refractivity contribution is -0.385. The number of carbonyl (C=O) groups is 3. The first-order valence-electron chi connectivity index (χ1n) is 11.6. The van der Waals surface area contributed by atoms with Gasteiger partial charge in [-0.25, -0.2) is 9.79 Å². The number of urea groups is 1. The van der Waals surface area contributed by atoms with Crippen LogP contribution in [0, 0.1) is 16.0 Å². The van der Waals surface area contributed by atoms with Crippen LogP contribution in [0.4, 0.5) is 10.5 Å². The number of nitro groups is 1. The number of hydrogen-bond donors (Lipinski definition) is 0. The molecule has 0 bridgehead atoms. The molecule has 2 atom stereocenters. The SMILES string of the molecule is CC1=NC(=O)N(CCCN(C)C(=O)c2ccncc2)C(c2cccc([N+](=O)[O-])c2)C1C(=O)OC(C)C. The lowest BCUT2D eigenvalue weighted by Gasteiger charge is -2.39. The molecule has 1 aliphatic rings. The monoisotopic (exact) mass is 495 g/mol. The van der Waals surface area contributed by atoms with Crippen molar-refractivity contribution in [2.45, 2.75) is 39.3 Å². The molecule has 0 spiro atoms. The molecular weight excluding hydrogens is 466 g/mol. The standard InChI is InChI=1S/C25H29N5O6/c1-16(2)36-24(32)21-17(3)27-25(33)29(22(21)19-7-5-8-20(15-19)30(34)35)14-6-13-28(4)23(31)18-9-11-26-12-10-18/h5,7-12,15-16,21-22H,6,13-14H2,1-4H3. The van der Waals surface area contributed by atoms with Crippen molar-refractivity contribution in [3.8, 4) is 0 Å². The number of benzene rings is 1. The fourth-order valence-corrected chi connectivity index (χ4v) is 4.14. The number of non-ortho nitro benzene ring substituents is 1. The van der Waals surface area contributed by atoms with Crippen LogP contribution in [0.3, 0.4) is 0 Å². The minimum Gasteiger partial charge on any atom is -0.462 e. The molecule has 3 rings (SSSR count). The minimum absolute atomic E-state index is 0.154. The van der Waals surface area contributed by atoms with Gasteiger partial charge in [0.25, 0.3) is 11.6 Å². The van der Waals surface area contributed by atoms with E-state index in [1.165, 1.54) is 40.4 Å². The van der Waals surface area contributed by atoms with Crippen LogP contribution >= 0.6 is 0 Å². The van der Waals surface area contributed by atoms with E-state index in [1.54, 1.807) is 46.0 Å². The van der Waals surface area contributed by atoms with Crippen LogP contribution in [0.1, 0.15) is 49.2 Å². The summed E-state index contributed by atoms with van der Waals surface area (Å²) >= 11 is 0. The molecule has 11 heteroatoms. The van der Waals surface area contributed by atoms with Crippen LogP contribution in [0.25, 0.3) is 0 Å². The molecule has 0 N–H and O–H groups in total. The molecule has 0 radical (unpaired) electrons. The van der Waals surface area contributed by atoms with Gasteiger partial charge in [0.1, 0.15) is 5.92 Å². The number of carbonyl (C=O) groups excluding carboxylic acids is 3. The van der Waals surface area contributed by atoms with Gasteiger partial charge in [0.05, 0.1) is 17.1 Å². The quantitative estimate of drug-likeness (QED) is 0.294. The fourth-order valence-electron chi connectivity index (χ4n) is 4.14. The molecule has 2 heterocycles. The third-order valence-electron chi connectivity index (χ3n) is 5.81. The first-order valence-corrected chi connectivity index (χ1v) is 11.6. The number of rotatable bonds is 9. The number of hydrogen-bond acceptors (Lipinski definition) is 7. The van der Waals surface area contributed by atoms with Crippen LogP contribution < -0.4 is 0 Å². The van der Waals surface area contributed by atoms with Crippen molar-refractivity contribution in [3.05, 3.63) is 70.0 Å². The number of pyridine rings is 1. The lowest BCUT2D eigenvalue weighted by atomic mass is 9.86. The predicted molar refractivity (Wildman–Crippen MR) is 132 cm³/mol. The molecule has 0 fully saturated rings. The van der Waals surface area contributed by atoms with Crippen molar-refractivity contribution in [2.24, 2.45) is 10.9 Å². The molecule has 36 heavy (non-hydrogen) atoms. The minimum atomic E-state index is -0.928. The Hall–Kier alpha value is -4.15. The van der Waals surface area contributed by atoms with Crippen molar-refractivity contribution < 1.29 is 24.0 Å². The normalized spacial score (nSPS) is 17.5. The number of ether oxygens (including phenoxy) is 1. The summed E-state index contributed by atoms with van der Waals surface area (Å²) in [4.78, 5) is 60.5. The summed E-state index contributed by atoms with van der Waals surface area (Å²) in [6.07, 6.45) is 3.07. The highest BCUT2D eigenvalue weighted by molar-refractivity contribution is 6.08. The summed E-state index contributed by atoms with van der Waals surface area (Å²) in [6.45, 7) is 5.51. The number of aliphatic imine (C=N–C) groups is 1. The summed E-state index contributed by atoms with van der Waals surface area (Å²) in [7, 11) is 1.66. The molecule has 1 aromatic carbocycles. The van der Waals surface area contributed by atoms with Gasteiger partial charge in [-0.05, 0) is 44.9 Å². The van der Waals surface area contributed by atoms with E-state index >= 15 is 0 Å². The van der Waals surface area contributed by atoms with E-state index in [0.717, 1.165) is 0 Å². The molecule has 1 aromatic heterocycles. The molecule has 3 amide bonds. The van der Waals surface area contributed by atoms with Crippen LogP contribution in [0.5, 0.6) is 0 Å². The van der Waals surface area contributed by atoms with Gasteiger partial charge in [-0.1, -0.05) is 12.1 Å². The third kappa shape index (κ3) is 6.09. The second-order valence-corrected chi connectivity index (χ2v) is 8.81. The maximum absolute atomic E-state index is 13.1. The first-order chi connectivity index (χ1) is 17.1. The number of nitrogens with zero attached hydrogens (tertiary/aromatic N) is 5. The Balaban J connectivity index is 1.88. The van der Waals surface area contributed by atoms with Crippen LogP contribution in [0.2, 0.25) is 0 Å². The van der Waals surface area contributed by atoms with Gasteiger partial charge in [0, 0.05) is 55.9 Å². The Morgan fingerprint density at radius 2 is 1.92 bits per heavy atom. The third-order valence-corrected chi connectivity index (χ3v) is 5.81. The Morgan fingerprint density at radius 1 is 1.22 bits per heavy atom. The van der Waals surface area contributed by atoms with E-state index in [9.17, 15) is 24.5 Å². The average molecular weight is 496 g/mol. The number of esters is 1. The zero-order chi connectivity index (χ0) is 26.4. The van der Waals surface area contributed by atoms with Gasteiger partial charge in [-0.3, -0.25) is 24.7 Å². The number of nitro benzene ring substituents is 1. The zero-order valence-electron chi connectivity index (χ0n) is 20.7. The summed E-state index contributed by atoms with van der Waals surface area (Å²) in [5.41, 5.74) is 1.05. The van der Waals surface area contributed by atoms with Gasteiger partial charge in [0.15, 0.2) is 0 Å². The Bertz CT molecular complexity index is 1170. The van der Waals surface area contributed by atoms with Gasteiger partial charge in [-0.15, -0.1) is 0 Å². The van der Waals surface area contributed by atoms with Gasteiger partial charge in [0.2, 0.25) is 0 Å². The molecule has 1 aliphatic heterocycles. The Kier molecular flexibility index (Phi) is 8.46. The van der Waals surface area contributed by atoms with Gasteiger partial charge < -0.3 is 14.5 Å². The van der Waals surface area contributed by atoms with E-state index in [1.807, 2.05) is 0 Å². The maximum Gasteiger partial charge on any atom is 0.344 e. The van der Waals surface area contributed by atoms with Crippen molar-refractivity contribution in [1.29, 1.82) is 0 Å². The summed E-state index contributed by atoms with van der Waals surface area (Å²) in [5, 5.41) is 11.4. The molecule has 0 saturated carbocycles. The molecule has 0 saturated heterocycles. The van der Waals surface area contributed by atoms with Crippen molar-refractivity contribution in [1.82, 2.24) is 14.8 Å². The fraction of sp³-hybridized carbons (Fsp3) is 0.400. The van der Waals surface area contributed by atoms with Crippen LogP contribution in [-0.2, 0) is 9.53 Å². The van der Waals surface area contributed by atoms with Gasteiger partial charge in [-0.2, -0.15) is 0 Å². The Morgan fingerprint density at radius 3 is 2.56 bits per heavy atom. The highest BCUT2D eigenvalue weighted by atomic mass is 16.6. The molecule has 2 aromatic rings. The van der Waals surface area contributed by atoms with Gasteiger partial charge >= 0.3 is 12.0 Å². The van der Waals surface area contributed by atoms with E-state index < -0.39 is 35.0 Å². The smallest absolute Gasteiger partial charge is 0.344 e. The largest absolute Gasteiger partial charge is 0.462 e. The molecule has 11 nitrogen and oxygen atoms in total. The second-order valence-electron chi connectivity index (χ2n) is 8.81. The van der Waals surface area contributed by atoms with Crippen molar-refractivity contribution in [2.75, 3.05) is 20.1 Å². The van der Waals surface area contributed by atoms with E-state index in [0.29, 0.717) is 24.1 Å². The topological polar surface area (TPSA) is 135 Å². The van der Waals surface area contributed by atoms with Crippen LogP contribution in [0.15, 0.2) is 53.8 Å². The number of aromatic nitrogens is 1. The average Bonchev–Trinajstić information content (AvgIpc) is 2.84. The lowest BCUT2D eigenvalue weighted by Crippen LogP contribution is -2.48. The van der Waals surface area contributed by atoms with Crippen LogP contribution in [-0.4, -0.2) is 69.6 Å². The second kappa shape index (κ2) is 11.5. The van der Waals surface area contributed by atoms with E-state index in [-0.39, 0.29) is 23.9 Å². The molecular formula is C25H29N5O6. The number of amides is 3. The Labute approximate surface area is 208 Å². The predicted octanol–water partition coefficient (Wildman–Crippen LogP) is 3.66. The van der Waals surface area contributed by atoms with E-state index in [2.05, 4.69) is 9.98 Å². The van der Waals surface area contributed by atoms with E-state index in [4.69, 9.17) is 4.74 Å². The highest BCUT2D eigenvalue weighted by Gasteiger charge is 2.43. The molecule has 2 unspecified atom stereocenters. The maximum atomic E-state index is 13.1. The van der Waals surface area contributed by atoms with Crippen molar-refractivity contribution >= 4 is 29.3 Å². The van der Waals surface area contributed by atoms with Crippen molar-refractivity contribution in [3.63, 3.8) is 0 Å². The molecule has 190 valence electrons. The summed E-state index contributed by atoms with van der Waals surface area (Å²) in [6, 6.07) is 7.71. The summed E-state index contributed by atoms with van der Waals surface area (Å²) in [5.74, 6) is -1.68. The first kappa shape index (κ1) is 26.5. The zero-order valence-corrected chi connectivity index (χ0v) is 20.7. The highest BCUT2D eigenvalue weighted by Crippen LogP contribution is 2.36. The molecule has 0 aliphatic carbocycles. The summed E-state index contributed by atoms with van der Waals surface area (Å²) < 4.78 is 5.45.